The summed E-state index contributed by atoms with van der Waals surface area (Å²) in [6.45, 7) is 0. The minimum Gasteiger partial charge on any atom is -0.447 e. The average Bonchev–Trinajstić information content (AvgIpc) is 3.59. The minimum absolute atomic E-state index is 0.234. The molecule has 2 fully saturated rings. The topological polar surface area (TPSA) is 18.5 Å². The van der Waals surface area contributed by atoms with Gasteiger partial charge in [0, 0.05) is 12.1 Å². The van der Waals surface area contributed by atoms with E-state index in [1.54, 1.807) is 22.7 Å². The van der Waals surface area contributed by atoms with Gasteiger partial charge in [0.1, 0.15) is 11.5 Å². The van der Waals surface area contributed by atoms with Crippen LogP contribution in [0.4, 0.5) is 0 Å². The molecule has 4 aromatic rings. The minimum atomic E-state index is -0.234. The molecular formula is C32H34IO2S2+. The van der Waals surface area contributed by atoms with Crippen LogP contribution in [0.15, 0.2) is 72.8 Å². The molecule has 37 heavy (non-hydrogen) atoms. The normalized spacial score (nSPS) is 17.1. The first-order valence-electron chi connectivity index (χ1n) is 13.7. The Kier molecular flexibility index (Phi) is 8.50. The summed E-state index contributed by atoms with van der Waals surface area (Å²) < 4.78 is 15.2. The van der Waals surface area contributed by atoms with E-state index in [1.807, 2.05) is 0 Å². The summed E-state index contributed by atoms with van der Waals surface area (Å²) in [6.07, 6.45) is 13.6. The zero-order chi connectivity index (χ0) is 24.9. The fraction of sp³-hybridized carbons (Fsp3) is 0.375. The average molecular weight is 642 g/mol. The van der Waals surface area contributed by atoms with Gasteiger partial charge in [0.2, 0.25) is 0 Å². The van der Waals surface area contributed by atoms with Crippen LogP contribution in [0.3, 0.4) is 0 Å². The van der Waals surface area contributed by atoms with E-state index in [0.717, 1.165) is 33.5 Å². The van der Waals surface area contributed by atoms with Crippen LogP contribution in [0.2, 0.25) is 0 Å². The molecule has 0 aliphatic heterocycles. The smallest absolute Gasteiger partial charge is 0.381 e. The summed E-state index contributed by atoms with van der Waals surface area (Å²) in [5.41, 5.74) is 2.95. The molecule has 0 N–H and O–H groups in total. The summed E-state index contributed by atoms with van der Waals surface area (Å²) in [5, 5.41) is 1.96. The number of hydrogen-bond donors (Lipinski definition) is 0. The lowest BCUT2D eigenvalue weighted by atomic mass is 9.84. The number of ether oxygens (including phenoxy) is 2. The number of hydrogen-bond acceptors (Lipinski definition) is 4. The van der Waals surface area contributed by atoms with Crippen molar-refractivity contribution in [3.05, 3.63) is 89.7 Å². The maximum absolute atomic E-state index is 6.19. The van der Waals surface area contributed by atoms with Gasteiger partial charge in [0.25, 0.3) is 5.77 Å². The number of halogens is 1. The van der Waals surface area contributed by atoms with Gasteiger partial charge in [-0.05, 0) is 85.0 Å². The summed E-state index contributed by atoms with van der Waals surface area (Å²) in [4.78, 5) is 0. The first kappa shape index (κ1) is 25.4. The van der Waals surface area contributed by atoms with E-state index in [-0.39, 0.29) is 21.2 Å². The summed E-state index contributed by atoms with van der Waals surface area (Å²) >= 11 is 3.32. The molecule has 0 saturated heterocycles. The van der Waals surface area contributed by atoms with Gasteiger partial charge in [-0.25, -0.2) is 0 Å². The lowest BCUT2D eigenvalue weighted by molar-refractivity contribution is -0.585. The van der Waals surface area contributed by atoms with Crippen LogP contribution in [-0.2, 0) is 0 Å². The Morgan fingerprint density at radius 2 is 0.892 bits per heavy atom. The van der Waals surface area contributed by atoms with Crippen LogP contribution < -0.4 is 30.7 Å². The molecule has 5 heteroatoms. The Morgan fingerprint density at radius 1 is 0.486 bits per heavy atom. The standard InChI is InChI=1S/C32H34IO2S2/c1-3-7-23(8-4-1)25-11-15-27(16-12-25)34-31-21-19-29(36-31)33-30-20-22-32(37-30)35-28-17-13-26(14-18-28)24-9-5-2-6-10-24/h11-24H,1-10H2/q+1. The van der Waals surface area contributed by atoms with Crippen LogP contribution >= 0.6 is 22.7 Å². The van der Waals surface area contributed by atoms with Gasteiger partial charge in [-0.15, -0.1) is 0 Å². The van der Waals surface area contributed by atoms with Gasteiger partial charge in [0.15, 0.2) is 10.1 Å². The molecule has 0 radical (unpaired) electrons. The SMILES string of the molecule is c1cc(C2CCCCC2)ccc1Oc1ccc([I+]c2ccc(Oc3ccc(C4CCCCC4)cc3)s2)s1. The summed E-state index contributed by atoms with van der Waals surface area (Å²) in [5.74, 6) is 3.35. The van der Waals surface area contributed by atoms with Crippen molar-refractivity contribution in [3.8, 4) is 21.6 Å². The molecule has 6 rings (SSSR count). The van der Waals surface area contributed by atoms with Crippen LogP contribution in [0.1, 0.15) is 87.2 Å². The van der Waals surface area contributed by atoms with Crippen molar-refractivity contribution in [2.45, 2.75) is 76.0 Å². The van der Waals surface area contributed by atoms with Crippen molar-refractivity contribution in [3.63, 3.8) is 0 Å². The molecule has 2 nitrogen and oxygen atoms in total. The van der Waals surface area contributed by atoms with Crippen LogP contribution in [0, 0.1) is 5.77 Å². The third-order valence-electron chi connectivity index (χ3n) is 7.63. The molecule has 192 valence electrons. The fourth-order valence-electron chi connectivity index (χ4n) is 5.62. The van der Waals surface area contributed by atoms with Gasteiger partial charge in [0.05, 0.1) is 0 Å². The van der Waals surface area contributed by atoms with Crippen molar-refractivity contribution in [1.82, 2.24) is 0 Å². The largest absolute Gasteiger partial charge is 0.447 e. The molecule has 0 atom stereocenters. The van der Waals surface area contributed by atoms with Gasteiger partial charge in [-0.3, -0.25) is 0 Å². The quantitative estimate of drug-likeness (QED) is 0.185. The van der Waals surface area contributed by atoms with Gasteiger partial charge < -0.3 is 9.47 Å². The van der Waals surface area contributed by atoms with Crippen LogP contribution in [0.5, 0.6) is 21.6 Å². The first-order chi connectivity index (χ1) is 18.3. The fourth-order valence-corrected chi connectivity index (χ4v) is 11.5. The Labute approximate surface area is 239 Å². The van der Waals surface area contributed by atoms with E-state index in [9.17, 15) is 0 Å². The molecule has 0 amide bonds. The molecule has 2 aromatic heterocycles. The Hall–Kier alpha value is -1.83. The second kappa shape index (κ2) is 12.4. The number of benzene rings is 2. The maximum atomic E-state index is 6.19. The molecular weight excluding hydrogens is 607 g/mol. The molecule has 2 saturated carbocycles. The van der Waals surface area contributed by atoms with E-state index in [1.165, 1.54) is 81.1 Å². The second-order valence-corrected chi connectivity index (χ2v) is 16.6. The lowest BCUT2D eigenvalue weighted by Gasteiger charge is -2.22. The van der Waals surface area contributed by atoms with Gasteiger partial charge in [-0.2, -0.15) is 0 Å². The van der Waals surface area contributed by atoms with Gasteiger partial charge in [-0.1, -0.05) is 85.5 Å². The highest BCUT2D eigenvalue weighted by molar-refractivity contribution is 7.12. The molecule has 2 heterocycles. The Balaban J connectivity index is 1.02. The van der Waals surface area contributed by atoms with Crippen molar-refractivity contribution < 1.29 is 30.7 Å². The Morgan fingerprint density at radius 3 is 1.30 bits per heavy atom. The highest BCUT2D eigenvalue weighted by Crippen LogP contribution is 2.35. The highest BCUT2D eigenvalue weighted by atomic mass is 127. The summed E-state index contributed by atoms with van der Waals surface area (Å²) in [6, 6.07) is 26.3. The lowest BCUT2D eigenvalue weighted by Crippen LogP contribution is -3.61. The predicted molar refractivity (Wildman–Crippen MR) is 151 cm³/mol. The van der Waals surface area contributed by atoms with E-state index in [2.05, 4.69) is 72.8 Å². The van der Waals surface area contributed by atoms with Crippen molar-refractivity contribution in [2.75, 3.05) is 0 Å². The molecule has 2 aliphatic carbocycles. The van der Waals surface area contributed by atoms with Crippen molar-refractivity contribution in [2.24, 2.45) is 0 Å². The Bertz CT molecular complexity index is 1160. The highest BCUT2D eigenvalue weighted by Gasteiger charge is 2.23. The van der Waals surface area contributed by atoms with Crippen molar-refractivity contribution in [1.29, 1.82) is 0 Å². The number of rotatable bonds is 8. The molecule has 2 aliphatic rings. The maximum Gasteiger partial charge on any atom is 0.381 e. The van der Waals surface area contributed by atoms with E-state index < -0.39 is 0 Å². The summed E-state index contributed by atoms with van der Waals surface area (Å²) in [7, 11) is 0. The number of thiophene rings is 2. The van der Waals surface area contributed by atoms with E-state index in [4.69, 9.17) is 9.47 Å². The molecule has 2 aromatic carbocycles. The van der Waals surface area contributed by atoms with Crippen molar-refractivity contribution >= 4 is 22.7 Å². The third-order valence-corrected chi connectivity index (χ3v) is 13.3. The molecule has 0 bridgehead atoms. The molecule has 0 spiro atoms. The van der Waals surface area contributed by atoms with E-state index >= 15 is 0 Å². The van der Waals surface area contributed by atoms with E-state index in [0.29, 0.717) is 0 Å². The van der Waals surface area contributed by atoms with Gasteiger partial charge >= 0.3 is 21.2 Å². The van der Waals surface area contributed by atoms with Crippen LogP contribution in [0.25, 0.3) is 0 Å². The zero-order valence-electron chi connectivity index (χ0n) is 21.2. The zero-order valence-corrected chi connectivity index (χ0v) is 25.0. The third kappa shape index (κ3) is 6.79. The predicted octanol–water partition coefficient (Wildman–Crippen LogP) is 7.62. The monoisotopic (exact) mass is 641 g/mol. The van der Waals surface area contributed by atoms with Crippen LogP contribution in [-0.4, -0.2) is 0 Å². The first-order valence-corrected chi connectivity index (χ1v) is 17.5. The molecule has 0 unspecified atom stereocenters. The second-order valence-electron chi connectivity index (χ2n) is 10.2.